The molecule has 2 aromatic carbocycles. The highest BCUT2D eigenvalue weighted by Crippen LogP contribution is 2.32. The highest BCUT2D eigenvalue weighted by molar-refractivity contribution is 7.13. The third-order valence-electron chi connectivity index (χ3n) is 5.63. The van der Waals surface area contributed by atoms with Crippen molar-refractivity contribution in [2.24, 2.45) is 4.99 Å². The first-order chi connectivity index (χ1) is 15.9. The van der Waals surface area contributed by atoms with Gasteiger partial charge >= 0.3 is 0 Å². The summed E-state index contributed by atoms with van der Waals surface area (Å²) >= 11 is 7.53. The molecule has 1 atom stereocenters. The van der Waals surface area contributed by atoms with E-state index in [1.807, 2.05) is 60.0 Å². The van der Waals surface area contributed by atoms with Crippen LogP contribution in [0, 0.1) is 0 Å². The first-order valence-corrected chi connectivity index (χ1v) is 11.6. The zero-order valence-electron chi connectivity index (χ0n) is 17.7. The zero-order chi connectivity index (χ0) is 23.0. The van der Waals surface area contributed by atoms with E-state index in [4.69, 9.17) is 16.6 Å². The van der Waals surface area contributed by atoms with Gasteiger partial charge < -0.3 is 10.2 Å². The number of anilines is 1. The lowest BCUT2D eigenvalue weighted by atomic mass is 9.91. The fourth-order valence-electron chi connectivity index (χ4n) is 3.80. The molecule has 1 N–H and O–H groups in total. The molecule has 0 bridgehead atoms. The zero-order valence-corrected chi connectivity index (χ0v) is 19.2. The number of hydrogen-bond donors (Lipinski definition) is 1. The maximum atomic E-state index is 13.2. The Morgan fingerprint density at radius 3 is 2.58 bits per heavy atom. The second-order valence-corrected chi connectivity index (χ2v) is 9.26. The highest BCUT2D eigenvalue weighted by atomic mass is 35.5. The molecular formula is C25H19ClN4O2S. The predicted octanol–water partition coefficient (Wildman–Crippen LogP) is 5.54. The highest BCUT2D eigenvalue weighted by Gasteiger charge is 2.45. The van der Waals surface area contributed by atoms with E-state index in [1.54, 1.807) is 41.5 Å². The number of thiazole rings is 1. The van der Waals surface area contributed by atoms with E-state index < -0.39 is 5.54 Å². The Bertz CT molecular complexity index is 1330. The largest absolute Gasteiger partial charge is 0.324 e. The van der Waals surface area contributed by atoms with Gasteiger partial charge in [-0.1, -0.05) is 41.9 Å². The van der Waals surface area contributed by atoms with Gasteiger partial charge in [0, 0.05) is 33.4 Å². The van der Waals surface area contributed by atoms with Crippen LogP contribution in [0.1, 0.15) is 13.3 Å². The molecule has 0 saturated heterocycles. The average Bonchev–Trinajstić information content (AvgIpc) is 3.30. The number of benzene rings is 2. The number of aliphatic imine (C=N–C) groups is 1. The Morgan fingerprint density at radius 1 is 1.09 bits per heavy atom. The first kappa shape index (κ1) is 21.3. The molecule has 33 heavy (non-hydrogen) atoms. The van der Waals surface area contributed by atoms with E-state index in [-0.39, 0.29) is 18.2 Å². The number of halogens is 1. The van der Waals surface area contributed by atoms with Crippen molar-refractivity contribution in [3.63, 3.8) is 0 Å². The maximum Gasteiger partial charge on any atom is 0.250 e. The van der Waals surface area contributed by atoms with Crippen molar-refractivity contribution in [2.45, 2.75) is 18.9 Å². The van der Waals surface area contributed by atoms with Crippen molar-refractivity contribution in [3.05, 3.63) is 83.4 Å². The van der Waals surface area contributed by atoms with Crippen LogP contribution < -0.4 is 5.32 Å². The van der Waals surface area contributed by atoms with E-state index in [1.165, 1.54) is 0 Å². The van der Waals surface area contributed by atoms with Gasteiger partial charge in [0.2, 0.25) is 0 Å². The fraction of sp³-hybridized carbons (Fsp3) is 0.120. The molecule has 2 aliphatic heterocycles. The summed E-state index contributed by atoms with van der Waals surface area (Å²) < 4.78 is 0. The van der Waals surface area contributed by atoms with Gasteiger partial charge in [0.05, 0.1) is 12.1 Å². The van der Waals surface area contributed by atoms with Crippen LogP contribution in [0.3, 0.4) is 0 Å². The predicted molar refractivity (Wildman–Crippen MR) is 132 cm³/mol. The molecule has 0 spiro atoms. The number of nitrogens with zero attached hydrogens (tertiary/aromatic N) is 3. The molecule has 5 rings (SSSR count). The van der Waals surface area contributed by atoms with E-state index in [9.17, 15) is 9.59 Å². The number of carbonyl (C=O) groups is 2. The molecular weight excluding hydrogens is 456 g/mol. The van der Waals surface area contributed by atoms with Crippen molar-refractivity contribution in [1.82, 2.24) is 9.88 Å². The molecule has 0 saturated carbocycles. The van der Waals surface area contributed by atoms with Gasteiger partial charge in [0.25, 0.3) is 11.8 Å². The lowest BCUT2D eigenvalue weighted by Gasteiger charge is -2.41. The number of aromatic nitrogens is 1. The maximum absolute atomic E-state index is 13.2. The third kappa shape index (κ3) is 4.13. The van der Waals surface area contributed by atoms with Crippen molar-refractivity contribution in [2.75, 3.05) is 5.32 Å². The number of nitrogens with one attached hydrogen (secondary N) is 1. The summed E-state index contributed by atoms with van der Waals surface area (Å²) in [5.74, 6) is -0.106. The molecule has 8 heteroatoms. The first-order valence-electron chi connectivity index (χ1n) is 10.3. The number of rotatable bonds is 4. The average molecular weight is 475 g/mol. The van der Waals surface area contributed by atoms with Crippen LogP contribution in [0.25, 0.3) is 21.8 Å². The van der Waals surface area contributed by atoms with Gasteiger partial charge in [-0.25, -0.2) is 4.98 Å². The molecule has 1 unspecified atom stereocenters. The SMILES string of the molecule is CC1(C(=O)Nc2ccc(-c3csc(-c4ccc(Cl)cc4)n3)cc2)CC(=O)N=C2C=CC=CN21. The molecule has 2 aliphatic rings. The minimum Gasteiger partial charge on any atom is -0.324 e. The lowest BCUT2D eigenvalue weighted by Crippen LogP contribution is -2.58. The summed E-state index contributed by atoms with van der Waals surface area (Å²) in [6, 6.07) is 15.1. The quantitative estimate of drug-likeness (QED) is 0.538. The van der Waals surface area contributed by atoms with Gasteiger partial charge in [0.15, 0.2) is 0 Å². The molecule has 3 heterocycles. The molecule has 6 nitrogen and oxygen atoms in total. The van der Waals surface area contributed by atoms with Crippen molar-refractivity contribution in [3.8, 4) is 21.8 Å². The van der Waals surface area contributed by atoms with E-state index >= 15 is 0 Å². The number of fused-ring (bicyclic) bond motifs is 1. The Morgan fingerprint density at radius 2 is 1.82 bits per heavy atom. The van der Waals surface area contributed by atoms with Crippen LogP contribution in [-0.2, 0) is 9.59 Å². The second-order valence-electron chi connectivity index (χ2n) is 7.96. The van der Waals surface area contributed by atoms with Crippen LogP contribution in [0.5, 0.6) is 0 Å². The summed E-state index contributed by atoms with van der Waals surface area (Å²) in [7, 11) is 0. The minimum absolute atomic E-state index is 0.00486. The number of amidine groups is 1. The van der Waals surface area contributed by atoms with Gasteiger partial charge in [0.1, 0.15) is 16.4 Å². The lowest BCUT2D eigenvalue weighted by molar-refractivity contribution is -0.130. The van der Waals surface area contributed by atoms with Crippen LogP contribution in [-0.4, -0.2) is 33.1 Å². The monoisotopic (exact) mass is 474 g/mol. The van der Waals surface area contributed by atoms with Crippen LogP contribution >= 0.6 is 22.9 Å². The van der Waals surface area contributed by atoms with E-state index in [2.05, 4.69) is 10.3 Å². The Labute approximate surface area is 199 Å². The number of carbonyl (C=O) groups excluding carboxylic acids is 2. The van der Waals surface area contributed by atoms with E-state index in [0.29, 0.717) is 16.5 Å². The molecule has 0 aliphatic carbocycles. The molecule has 164 valence electrons. The normalized spacial score (nSPS) is 19.3. The molecule has 3 aromatic rings. The van der Waals surface area contributed by atoms with Crippen LogP contribution in [0.15, 0.2) is 83.3 Å². The van der Waals surface area contributed by atoms with Crippen LogP contribution in [0.2, 0.25) is 5.02 Å². The Kier molecular flexibility index (Phi) is 5.44. The molecule has 0 radical (unpaired) electrons. The summed E-state index contributed by atoms with van der Waals surface area (Å²) in [6.45, 7) is 1.75. The number of allylic oxidation sites excluding steroid dienone is 2. The van der Waals surface area contributed by atoms with E-state index in [0.717, 1.165) is 21.8 Å². The molecule has 0 fully saturated rings. The minimum atomic E-state index is -1.06. The van der Waals surface area contributed by atoms with Crippen molar-refractivity contribution in [1.29, 1.82) is 0 Å². The molecule has 2 amide bonds. The smallest absolute Gasteiger partial charge is 0.250 e. The third-order valence-corrected chi connectivity index (χ3v) is 6.77. The Hall–Kier alpha value is -3.55. The van der Waals surface area contributed by atoms with Crippen molar-refractivity contribution < 1.29 is 9.59 Å². The summed E-state index contributed by atoms with van der Waals surface area (Å²) in [5.41, 5.74) is 2.41. The van der Waals surface area contributed by atoms with Gasteiger partial charge in [-0.05, 0) is 43.3 Å². The summed E-state index contributed by atoms with van der Waals surface area (Å²) in [4.78, 5) is 35.8. The van der Waals surface area contributed by atoms with Crippen molar-refractivity contribution >= 4 is 46.3 Å². The van der Waals surface area contributed by atoms with Gasteiger partial charge in [-0.2, -0.15) is 4.99 Å². The molecule has 1 aromatic heterocycles. The van der Waals surface area contributed by atoms with Crippen LogP contribution in [0.4, 0.5) is 5.69 Å². The second kappa shape index (κ2) is 8.42. The number of hydrogen-bond acceptors (Lipinski definition) is 5. The summed E-state index contributed by atoms with van der Waals surface area (Å²) in [5, 5.41) is 6.55. The standard InChI is InChI=1S/C25H19ClN4O2S/c1-25(14-22(31)29-21-4-2-3-13-30(21)25)24(32)27-19-11-7-16(8-12-19)20-15-33-23(28-20)17-5-9-18(26)10-6-17/h2-13,15H,14H2,1H3,(H,27,32). The topological polar surface area (TPSA) is 74.7 Å². The van der Waals surface area contributed by atoms with Gasteiger partial charge in [-0.3, -0.25) is 9.59 Å². The summed E-state index contributed by atoms with van der Waals surface area (Å²) in [6.07, 6.45) is 7.12. The fourth-order valence-corrected chi connectivity index (χ4v) is 4.76. The van der Waals surface area contributed by atoms with Gasteiger partial charge in [-0.15, -0.1) is 11.3 Å². The Balaban J connectivity index is 1.32. The number of amides is 2.